The van der Waals surface area contributed by atoms with Crippen molar-refractivity contribution in [1.82, 2.24) is 19.5 Å². The zero-order chi connectivity index (χ0) is 15.1. The molecule has 0 radical (unpaired) electrons. The molecule has 0 saturated carbocycles. The fourth-order valence-corrected chi connectivity index (χ4v) is 2.54. The molecule has 1 N–H and O–H groups in total. The molecule has 0 bridgehead atoms. The van der Waals surface area contributed by atoms with Gasteiger partial charge in [0.2, 0.25) is 0 Å². The lowest BCUT2D eigenvalue weighted by Gasteiger charge is -2.04. The van der Waals surface area contributed by atoms with Crippen LogP contribution in [0.15, 0.2) is 53.7 Å². The van der Waals surface area contributed by atoms with Crippen molar-refractivity contribution in [3.8, 4) is 0 Å². The number of aromatic nitrogens is 4. The Balaban J connectivity index is 1.90. The smallest absolute Gasteiger partial charge is 0.278 e. The highest BCUT2D eigenvalue weighted by Crippen LogP contribution is 2.22. The van der Waals surface area contributed by atoms with Gasteiger partial charge in [-0.25, -0.2) is 9.37 Å². The molecular weight excluding hydrogens is 283 g/mol. The molecule has 1 aromatic carbocycles. The van der Waals surface area contributed by atoms with Crippen LogP contribution in [-0.4, -0.2) is 19.5 Å². The maximum absolute atomic E-state index is 13.4. The van der Waals surface area contributed by atoms with Crippen molar-refractivity contribution in [2.75, 3.05) is 0 Å². The number of halogens is 1. The molecule has 0 unspecified atom stereocenters. The van der Waals surface area contributed by atoms with Crippen LogP contribution in [0.25, 0.3) is 21.9 Å². The largest absolute Gasteiger partial charge is 0.349 e. The molecule has 0 aliphatic carbocycles. The van der Waals surface area contributed by atoms with Gasteiger partial charge in [0.05, 0.1) is 18.6 Å². The van der Waals surface area contributed by atoms with Crippen LogP contribution in [0.4, 0.5) is 4.39 Å². The van der Waals surface area contributed by atoms with Gasteiger partial charge in [-0.05, 0) is 30.3 Å². The number of rotatable bonds is 2. The topological polar surface area (TPSA) is 63.6 Å². The summed E-state index contributed by atoms with van der Waals surface area (Å²) in [5.41, 5.74) is 2.12. The van der Waals surface area contributed by atoms with Gasteiger partial charge >= 0.3 is 0 Å². The Hall–Kier alpha value is -3.02. The van der Waals surface area contributed by atoms with E-state index in [-0.39, 0.29) is 11.4 Å². The summed E-state index contributed by atoms with van der Waals surface area (Å²) in [6.45, 7) is 0.340. The number of fused-ring (bicyclic) bond motifs is 3. The third-order valence-corrected chi connectivity index (χ3v) is 3.59. The Labute approximate surface area is 124 Å². The van der Waals surface area contributed by atoms with Crippen LogP contribution in [0.5, 0.6) is 0 Å². The summed E-state index contributed by atoms with van der Waals surface area (Å²) in [4.78, 5) is 24.1. The van der Waals surface area contributed by atoms with Crippen molar-refractivity contribution < 1.29 is 4.39 Å². The van der Waals surface area contributed by atoms with Crippen molar-refractivity contribution in [1.29, 1.82) is 0 Å². The standard InChI is InChI=1S/C16H11FN4O/c17-10-4-5-13-12(7-10)14-15(20-13)16(22)21(9-19-14)8-11-3-1-2-6-18-11/h1-7,9,20H,8H2. The van der Waals surface area contributed by atoms with Crippen LogP contribution in [-0.2, 0) is 6.54 Å². The molecule has 22 heavy (non-hydrogen) atoms. The van der Waals surface area contributed by atoms with Crippen LogP contribution in [0, 0.1) is 5.82 Å². The molecule has 6 heteroatoms. The number of hydrogen-bond donors (Lipinski definition) is 1. The summed E-state index contributed by atoms with van der Waals surface area (Å²) in [6.07, 6.45) is 3.15. The van der Waals surface area contributed by atoms with E-state index < -0.39 is 0 Å². The molecule has 0 fully saturated rings. The number of H-pyrrole nitrogens is 1. The molecule has 0 aliphatic heterocycles. The number of benzene rings is 1. The van der Waals surface area contributed by atoms with E-state index in [2.05, 4.69) is 15.0 Å². The van der Waals surface area contributed by atoms with Crippen LogP contribution < -0.4 is 5.56 Å². The average Bonchev–Trinajstić information content (AvgIpc) is 2.90. The quantitative estimate of drug-likeness (QED) is 0.617. The van der Waals surface area contributed by atoms with E-state index in [0.717, 1.165) is 5.69 Å². The lowest BCUT2D eigenvalue weighted by atomic mass is 10.2. The maximum Gasteiger partial charge on any atom is 0.278 e. The Morgan fingerprint density at radius 1 is 1.18 bits per heavy atom. The Kier molecular flexibility index (Phi) is 2.75. The molecule has 0 atom stereocenters. The third kappa shape index (κ3) is 1.96. The molecule has 108 valence electrons. The molecule has 4 rings (SSSR count). The summed E-state index contributed by atoms with van der Waals surface area (Å²) >= 11 is 0. The fraction of sp³-hybridized carbons (Fsp3) is 0.0625. The van der Waals surface area contributed by atoms with E-state index >= 15 is 0 Å². The molecule has 0 spiro atoms. The third-order valence-electron chi connectivity index (χ3n) is 3.59. The predicted octanol–water partition coefficient (Wildman–Crippen LogP) is 2.46. The van der Waals surface area contributed by atoms with Crippen molar-refractivity contribution in [3.05, 3.63) is 70.8 Å². The number of pyridine rings is 1. The van der Waals surface area contributed by atoms with E-state index in [1.807, 2.05) is 18.2 Å². The van der Waals surface area contributed by atoms with E-state index in [1.165, 1.54) is 23.0 Å². The predicted molar refractivity (Wildman–Crippen MR) is 81.2 cm³/mol. The number of hydrogen-bond acceptors (Lipinski definition) is 3. The van der Waals surface area contributed by atoms with Gasteiger partial charge in [-0.15, -0.1) is 0 Å². The minimum absolute atomic E-state index is 0.202. The van der Waals surface area contributed by atoms with Gasteiger partial charge in [-0.2, -0.15) is 0 Å². The molecule has 4 aromatic rings. The Bertz CT molecular complexity index is 1040. The van der Waals surface area contributed by atoms with Crippen molar-refractivity contribution >= 4 is 21.9 Å². The highest BCUT2D eigenvalue weighted by atomic mass is 19.1. The minimum atomic E-state index is -0.354. The molecule has 3 aromatic heterocycles. The van der Waals surface area contributed by atoms with Crippen LogP contribution in [0.2, 0.25) is 0 Å². The number of nitrogens with one attached hydrogen (secondary N) is 1. The SMILES string of the molecule is O=c1c2[nH]c3ccc(F)cc3c2ncn1Cc1ccccn1. The Morgan fingerprint density at radius 3 is 2.91 bits per heavy atom. The zero-order valence-corrected chi connectivity index (χ0v) is 11.5. The van der Waals surface area contributed by atoms with E-state index in [9.17, 15) is 9.18 Å². The fourth-order valence-electron chi connectivity index (χ4n) is 2.54. The van der Waals surface area contributed by atoms with Gasteiger partial charge < -0.3 is 4.98 Å². The monoisotopic (exact) mass is 294 g/mol. The van der Waals surface area contributed by atoms with Crippen LogP contribution in [0.3, 0.4) is 0 Å². The molecule has 0 aliphatic rings. The first-order valence-electron chi connectivity index (χ1n) is 6.79. The second-order valence-electron chi connectivity index (χ2n) is 5.04. The Morgan fingerprint density at radius 2 is 2.09 bits per heavy atom. The van der Waals surface area contributed by atoms with Crippen LogP contribution in [0.1, 0.15) is 5.69 Å². The second kappa shape index (κ2) is 4.77. The summed E-state index contributed by atoms with van der Waals surface area (Å²) in [7, 11) is 0. The first kappa shape index (κ1) is 12.7. The van der Waals surface area contributed by atoms with Gasteiger partial charge in [0, 0.05) is 17.1 Å². The van der Waals surface area contributed by atoms with Crippen molar-refractivity contribution in [3.63, 3.8) is 0 Å². The van der Waals surface area contributed by atoms with Crippen LogP contribution >= 0.6 is 0 Å². The highest BCUT2D eigenvalue weighted by Gasteiger charge is 2.11. The first-order valence-corrected chi connectivity index (χ1v) is 6.79. The van der Waals surface area contributed by atoms with Gasteiger partial charge in [-0.3, -0.25) is 14.3 Å². The lowest BCUT2D eigenvalue weighted by Crippen LogP contribution is -2.21. The highest BCUT2D eigenvalue weighted by molar-refractivity contribution is 6.04. The van der Waals surface area contributed by atoms with Crippen molar-refractivity contribution in [2.24, 2.45) is 0 Å². The van der Waals surface area contributed by atoms with Crippen molar-refractivity contribution in [2.45, 2.75) is 6.54 Å². The summed E-state index contributed by atoms with van der Waals surface area (Å²) in [5, 5.41) is 0.608. The maximum atomic E-state index is 13.4. The zero-order valence-electron chi connectivity index (χ0n) is 11.5. The van der Waals surface area contributed by atoms with E-state index in [4.69, 9.17) is 0 Å². The summed E-state index contributed by atoms with van der Waals surface area (Å²) < 4.78 is 14.9. The number of aromatic amines is 1. The molecule has 0 amide bonds. The minimum Gasteiger partial charge on any atom is -0.349 e. The van der Waals surface area contributed by atoms with Gasteiger partial charge in [0.15, 0.2) is 0 Å². The molecule has 0 saturated heterocycles. The van der Waals surface area contributed by atoms with Gasteiger partial charge in [-0.1, -0.05) is 6.07 Å². The van der Waals surface area contributed by atoms with E-state index in [1.54, 1.807) is 12.3 Å². The average molecular weight is 294 g/mol. The molecular formula is C16H11FN4O. The van der Waals surface area contributed by atoms with Gasteiger partial charge in [0.25, 0.3) is 5.56 Å². The molecule has 3 heterocycles. The summed E-state index contributed by atoms with van der Waals surface area (Å²) in [6, 6.07) is 9.87. The summed E-state index contributed by atoms with van der Waals surface area (Å²) in [5.74, 6) is -0.354. The number of nitrogens with zero attached hydrogens (tertiary/aromatic N) is 3. The molecule has 5 nitrogen and oxygen atoms in total. The normalized spacial score (nSPS) is 11.3. The van der Waals surface area contributed by atoms with Gasteiger partial charge in [0.1, 0.15) is 16.9 Å². The second-order valence-corrected chi connectivity index (χ2v) is 5.04. The van der Waals surface area contributed by atoms with E-state index in [0.29, 0.717) is 28.5 Å². The lowest BCUT2D eigenvalue weighted by molar-refractivity contribution is 0.630. The first-order chi connectivity index (χ1) is 10.7.